The van der Waals surface area contributed by atoms with Gasteiger partial charge in [0.2, 0.25) is 0 Å². The first-order valence-electron chi connectivity index (χ1n) is 7.91. The molecule has 26 heavy (non-hydrogen) atoms. The molecule has 0 saturated heterocycles. The highest BCUT2D eigenvalue weighted by Crippen LogP contribution is 2.28. The Balaban J connectivity index is 1.73. The fraction of sp³-hybridized carbons (Fsp3) is 0.158. The van der Waals surface area contributed by atoms with Crippen molar-refractivity contribution in [1.82, 2.24) is 10.3 Å². The van der Waals surface area contributed by atoms with Crippen LogP contribution >= 0.6 is 23.2 Å². The molecule has 3 rings (SSSR count). The van der Waals surface area contributed by atoms with E-state index in [-0.39, 0.29) is 11.5 Å². The minimum Gasteiger partial charge on any atom is -0.495 e. The van der Waals surface area contributed by atoms with Crippen molar-refractivity contribution in [2.45, 2.75) is 6.42 Å². The lowest BCUT2D eigenvalue weighted by molar-refractivity contribution is 0.0954. The molecule has 2 aromatic carbocycles. The van der Waals surface area contributed by atoms with Gasteiger partial charge < -0.3 is 15.0 Å². The van der Waals surface area contributed by atoms with E-state index in [4.69, 9.17) is 27.9 Å². The minimum atomic E-state index is -0.215. The summed E-state index contributed by atoms with van der Waals surface area (Å²) < 4.78 is 5.20. The highest BCUT2D eigenvalue weighted by atomic mass is 35.5. The summed E-state index contributed by atoms with van der Waals surface area (Å²) in [6, 6.07) is 11.8. The molecule has 3 aromatic rings. The molecule has 0 unspecified atom stereocenters. The van der Waals surface area contributed by atoms with Gasteiger partial charge in [0.25, 0.3) is 11.5 Å². The highest BCUT2D eigenvalue weighted by Gasteiger charge is 2.09. The molecule has 1 amide bonds. The molecule has 2 N–H and O–H groups in total. The summed E-state index contributed by atoms with van der Waals surface area (Å²) in [6.07, 6.45) is 0.398. The number of carbonyl (C=O) groups is 1. The standard InChI is InChI=1S/C19H16Cl2N2O3/c1-26-17-9-13-8-12(19(25)23-16(13)10-15(17)21)6-7-22-18(24)11-2-4-14(20)5-3-11/h2-5,8-10H,6-7H2,1H3,(H,22,24)(H,23,25). The second-order valence-electron chi connectivity index (χ2n) is 5.71. The maximum absolute atomic E-state index is 12.2. The summed E-state index contributed by atoms with van der Waals surface area (Å²) in [4.78, 5) is 27.1. The van der Waals surface area contributed by atoms with Crippen LogP contribution in [0.4, 0.5) is 0 Å². The second-order valence-corrected chi connectivity index (χ2v) is 6.55. The lowest BCUT2D eigenvalue weighted by Crippen LogP contribution is -2.27. The van der Waals surface area contributed by atoms with Gasteiger partial charge in [-0.3, -0.25) is 9.59 Å². The van der Waals surface area contributed by atoms with Crippen LogP contribution in [-0.4, -0.2) is 24.5 Å². The van der Waals surface area contributed by atoms with Crippen LogP contribution < -0.4 is 15.6 Å². The van der Waals surface area contributed by atoms with Gasteiger partial charge in [-0.2, -0.15) is 0 Å². The van der Waals surface area contributed by atoms with Crippen molar-refractivity contribution in [2.75, 3.05) is 13.7 Å². The summed E-state index contributed by atoms with van der Waals surface area (Å²) in [6.45, 7) is 0.334. The van der Waals surface area contributed by atoms with Crippen LogP contribution in [0.5, 0.6) is 5.75 Å². The smallest absolute Gasteiger partial charge is 0.251 e. The highest BCUT2D eigenvalue weighted by molar-refractivity contribution is 6.32. The Morgan fingerprint density at radius 1 is 1.15 bits per heavy atom. The lowest BCUT2D eigenvalue weighted by atomic mass is 10.1. The molecule has 1 heterocycles. The van der Waals surface area contributed by atoms with E-state index >= 15 is 0 Å². The molecule has 0 aliphatic rings. The number of H-pyrrole nitrogens is 1. The Kier molecular flexibility index (Phi) is 5.49. The molecule has 1 aromatic heterocycles. The zero-order valence-corrected chi connectivity index (χ0v) is 15.4. The van der Waals surface area contributed by atoms with Gasteiger partial charge in [0.15, 0.2) is 0 Å². The zero-order chi connectivity index (χ0) is 18.7. The van der Waals surface area contributed by atoms with Gasteiger partial charge in [0.1, 0.15) is 5.75 Å². The third-order valence-electron chi connectivity index (χ3n) is 3.98. The third-order valence-corrected chi connectivity index (χ3v) is 4.53. The van der Waals surface area contributed by atoms with E-state index in [1.807, 2.05) is 0 Å². The normalized spacial score (nSPS) is 10.7. The van der Waals surface area contributed by atoms with E-state index in [0.717, 1.165) is 5.39 Å². The number of aromatic nitrogens is 1. The predicted molar refractivity (Wildman–Crippen MR) is 104 cm³/mol. The van der Waals surface area contributed by atoms with Crippen LogP contribution in [-0.2, 0) is 6.42 Å². The average molecular weight is 391 g/mol. The van der Waals surface area contributed by atoms with Crippen LogP contribution in [0.3, 0.4) is 0 Å². The predicted octanol–water partition coefficient (Wildman–Crippen LogP) is 3.82. The number of halogens is 2. The van der Waals surface area contributed by atoms with Gasteiger partial charge in [0, 0.05) is 28.1 Å². The van der Waals surface area contributed by atoms with E-state index in [0.29, 0.717) is 45.4 Å². The van der Waals surface area contributed by atoms with Crippen LogP contribution in [0.2, 0.25) is 10.0 Å². The first-order chi connectivity index (χ1) is 12.5. The number of hydrogen-bond donors (Lipinski definition) is 2. The molecule has 5 nitrogen and oxygen atoms in total. The van der Waals surface area contributed by atoms with Gasteiger partial charge in [-0.1, -0.05) is 23.2 Å². The number of ether oxygens (including phenoxy) is 1. The van der Waals surface area contributed by atoms with Gasteiger partial charge in [-0.25, -0.2) is 0 Å². The topological polar surface area (TPSA) is 71.2 Å². The largest absolute Gasteiger partial charge is 0.495 e. The van der Waals surface area contributed by atoms with E-state index in [1.54, 1.807) is 42.5 Å². The van der Waals surface area contributed by atoms with Crippen molar-refractivity contribution in [3.63, 3.8) is 0 Å². The second kappa shape index (κ2) is 7.81. The Bertz CT molecular complexity index is 1010. The van der Waals surface area contributed by atoms with Gasteiger partial charge in [0.05, 0.1) is 17.6 Å². The molecular weight excluding hydrogens is 375 g/mol. The van der Waals surface area contributed by atoms with Crippen molar-refractivity contribution >= 4 is 40.0 Å². The van der Waals surface area contributed by atoms with Crippen molar-refractivity contribution in [2.24, 2.45) is 0 Å². The van der Waals surface area contributed by atoms with Gasteiger partial charge in [-0.15, -0.1) is 0 Å². The van der Waals surface area contributed by atoms with Gasteiger partial charge >= 0.3 is 0 Å². The molecule has 0 aliphatic carbocycles. The number of hydrogen-bond acceptors (Lipinski definition) is 3. The SMILES string of the molecule is COc1cc2cc(CCNC(=O)c3ccc(Cl)cc3)c(=O)[nH]c2cc1Cl. The van der Waals surface area contributed by atoms with Crippen LogP contribution in [0.1, 0.15) is 15.9 Å². The summed E-state index contributed by atoms with van der Waals surface area (Å²) in [5, 5.41) is 4.60. The molecule has 134 valence electrons. The van der Waals surface area contributed by atoms with Crippen molar-refractivity contribution < 1.29 is 9.53 Å². The molecule has 0 saturated carbocycles. The molecule has 0 fully saturated rings. The summed E-state index contributed by atoms with van der Waals surface area (Å²) in [7, 11) is 1.53. The first kappa shape index (κ1) is 18.3. The molecule has 0 spiro atoms. The number of nitrogens with one attached hydrogen (secondary N) is 2. The number of methoxy groups -OCH3 is 1. The number of carbonyl (C=O) groups excluding carboxylic acids is 1. The van der Waals surface area contributed by atoms with Crippen LogP contribution in [0.15, 0.2) is 47.3 Å². The first-order valence-corrected chi connectivity index (χ1v) is 8.67. The average Bonchev–Trinajstić information content (AvgIpc) is 2.62. The molecular formula is C19H16Cl2N2O3. The number of pyridine rings is 1. The number of benzene rings is 2. The summed E-state index contributed by atoms with van der Waals surface area (Å²) in [5.74, 6) is 0.320. The third kappa shape index (κ3) is 4.00. The van der Waals surface area contributed by atoms with E-state index < -0.39 is 0 Å². The Hall–Kier alpha value is -2.50. The number of rotatable bonds is 5. The number of amides is 1. The van der Waals surface area contributed by atoms with E-state index in [2.05, 4.69) is 10.3 Å². The monoisotopic (exact) mass is 390 g/mol. The molecule has 0 bridgehead atoms. The molecule has 0 aliphatic heterocycles. The van der Waals surface area contributed by atoms with Crippen LogP contribution in [0.25, 0.3) is 10.9 Å². The fourth-order valence-electron chi connectivity index (χ4n) is 2.61. The number of aromatic amines is 1. The quantitative estimate of drug-likeness (QED) is 0.695. The van der Waals surface area contributed by atoms with Crippen molar-refractivity contribution in [1.29, 1.82) is 0 Å². The van der Waals surface area contributed by atoms with Crippen molar-refractivity contribution in [3.8, 4) is 5.75 Å². The maximum atomic E-state index is 12.2. The fourth-order valence-corrected chi connectivity index (χ4v) is 2.98. The van der Waals surface area contributed by atoms with Crippen molar-refractivity contribution in [3.05, 3.63) is 74.0 Å². The zero-order valence-electron chi connectivity index (χ0n) is 13.9. The maximum Gasteiger partial charge on any atom is 0.251 e. The Labute approximate surface area is 159 Å². The summed E-state index contributed by atoms with van der Waals surface area (Å²) >= 11 is 11.9. The lowest BCUT2D eigenvalue weighted by Gasteiger charge is -2.08. The Morgan fingerprint density at radius 3 is 2.58 bits per heavy atom. The van der Waals surface area contributed by atoms with Crippen LogP contribution in [0, 0.1) is 0 Å². The molecule has 0 atom stereocenters. The van der Waals surface area contributed by atoms with Gasteiger partial charge in [-0.05, 0) is 48.9 Å². The molecule has 7 heteroatoms. The number of fused-ring (bicyclic) bond motifs is 1. The minimum absolute atomic E-state index is 0.209. The Morgan fingerprint density at radius 2 is 1.88 bits per heavy atom. The molecule has 0 radical (unpaired) electrons. The summed E-state index contributed by atoms with van der Waals surface area (Å²) in [5.41, 5.74) is 1.51. The van der Waals surface area contributed by atoms with E-state index in [1.165, 1.54) is 7.11 Å². The van der Waals surface area contributed by atoms with E-state index in [9.17, 15) is 9.59 Å².